The number of carbonyl (C=O) groups is 1. The monoisotopic (exact) mass is 134 g/mol. The van der Waals surface area contributed by atoms with Gasteiger partial charge in [0, 0.05) is 13.0 Å². The highest BCUT2D eigenvalue weighted by Crippen LogP contribution is 1.69. The van der Waals surface area contributed by atoms with Crippen LogP contribution in [0.1, 0.15) is 20.3 Å². The van der Waals surface area contributed by atoms with Gasteiger partial charge < -0.3 is 5.48 Å². The molecule has 0 aromatic heterocycles. The van der Waals surface area contributed by atoms with E-state index in [0.29, 0.717) is 6.42 Å². The normalized spacial score (nSPS) is 7.78. The number of hydrazine groups is 1. The standard InChI is InChI=1S/C5H12N2O.H2O/c1-3-5(8)7-6-4-2;/h6H,3-4H2,1-2H3,(H,7,8);1H2. The van der Waals surface area contributed by atoms with E-state index in [0.717, 1.165) is 6.54 Å². The van der Waals surface area contributed by atoms with Crippen LogP contribution in [0.3, 0.4) is 0 Å². The topological polar surface area (TPSA) is 72.6 Å². The molecule has 0 aromatic rings. The molecule has 0 rings (SSSR count). The molecule has 0 spiro atoms. The highest BCUT2D eigenvalue weighted by Gasteiger charge is 1.89. The summed E-state index contributed by atoms with van der Waals surface area (Å²) in [5, 5.41) is 0. The van der Waals surface area contributed by atoms with E-state index in [2.05, 4.69) is 10.9 Å². The Bertz CT molecular complexity index is 75.4. The van der Waals surface area contributed by atoms with Gasteiger partial charge in [-0.1, -0.05) is 13.8 Å². The first-order chi connectivity index (χ1) is 3.81. The van der Waals surface area contributed by atoms with Crippen molar-refractivity contribution in [1.82, 2.24) is 10.9 Å². The van der Waals surface area contributed by atoms with Crippen molar-refractivity contribution in [1.29, 1.82) is 0 Å². The number of hydrogen-bond acceptors (Lipinski definition) is 2. The minimum absolute atomic E-state index is 0. The number of carbonyl (C=O) groups excluding carboxylic acids is 1. The molecule has 4 heteroatoms. The molecule has 0 heterocycles. The molecule has 0 saturated heterocycles. The van der Waals surface area contributed by atoms with Gasteiger partial charge in [0.1, 0.15) is 0 Å². The van der Waals surface area contributed by atoms with Gasteiger partial charge in [-0.25, -0.2) is 5.43 Å². The molecule has 0 fully saturated rings. The number of rotatable bonds is 3. The predicted molar refractivity (Wildman–Crippen MR) is 35.7 cm³/mol. The Balaban J connectivity index is 0. The summed E-state index contributed by atoms with van der Waals surface area (Å²) in [6.45, 7) is 4.51. The Hall–Kier alpha value is -0.610. The highest BCUT2D eigenvalue weighted by atomic mass is 16.2. The zero-order valence-electron chi connectivity index (χ0n) is 5.82. The van der Waals surface area contributed by atoms with Crippen LogP contribution >= 0.6 is 0 Å². The van der Waals surface area contributed by atoms with Crippen LogP contribution in [0.4, 0.5) is 0 Å². The van der Waals surface area contributed by atoms with E-state index < -0.39 is 0 Å². The molecule has 4 N–H and O–H groups in total. The van der Waals surface area contributed by atoms with Crippen LogP contribution < -0.4 is 10.9 Å². The fourth-order valence-electron chi connectivity index (χ4n) is 0.275. The summed E-state index contributed by atoms with van der Waals surface area (Å²) in [5.41, 5.74) is 5.19. The lowest BCUT2D eigenvalue weighted by Gasteiger charge is -1.99. The van der Waals surface area contributed by atoms with Gasteiger partial charge in [0.05, 0.1) is 0 Å². The molecular formula is C5H14N2O2. The van der Waals surface area contributed by atoms with E-state index in [1.165, 1.54) is 0 Å². The van der Waals surface area contributed by atoms with E-state index in [1.807, 2.05) is 13.8 Å². The summed E-state index contributed by atoms with van der Waals surface area (Å²) >= 11 is 0. The largest absolute Gasteiger partial charge is 0.412 e. The van der Waals surface area contributed by atoms with Crippen LogP contribution in [0.5, 0.6) is 0 Å². The van der Waals surface area contributed by atoms with Gasteiger partial charge in [-0.2, -0.15) is 0 Å². The van der Waals surface area contributed by atoms with Crippen molar-refractivity contribution in [2.75, 3.05) is 6.54 Å². The second-order valence-electron chi connectivity index (χ2n) is 1.43. The van der Waals surface area contributed by atoms with Crippen molar-refractivity contribution in [3.8, 4) is 0 Å². The quantitative estimate of drug-likeness (QED) is 0.496. The van der Waals surface area contributed by atoms with E-state index >= 15 is 0 Å². The summed E-state index contributed by atoms with van der Waals surface area (Å²) < 4.78 is 0. The Morgan fingerprint density at radius 1 is 1.44 bits per heavy atom. The average Bonchev–Trinajstić information content (AvgIpc) is 1.83. The van der Waals surface area contributed by atoms with E-state index in [-0.39, 0.29) is 11.4 Å². The molecule has 0 bridgehead atoms. The third-order valence-corrected chi connectivity index (χ3v) is 0.726. The van der Waals surface area contributed by atoms with Crippen LogP contribution in [0.15, 0.2) is 0 Å². The Morgan fingerprint density at radius 2 is 2.00 bits per heavy atom. The smallest absolute Gasteiger partial charge is 0.233 e. The first kappa shape index (κ1) is 11.2. The summed E-state index contributed by atoms with van der Waals surface area (Å²) in [7, 11) is 0. The molecular weight excluding hydrogens is 120 g/mol. The van der Waals surface area contributed by atoms with Crippen LogP contribution in [0, 0.1) is 0 Å². The van der Waals surface area contributed by atoms with Crippen molar-refractivity contribution in [2.24, 2.45) is 0 Å². The summed E-state index contributed by atoms with van der Waals surface area (Å²) in [6, 6.07) is 0. The van der Waals surface area contributed by atoms with Crippen LogP contribution in [-0.4, -0.2) is 17.9 Å². The van der Waals surface area contributed by atoms with Gasteiger partial charge in [-0.3, -0.25) is 10.2 Å². The third kappa shape index (κ3) is 7.39. The molecule has 0 unspecified atom stereocenters. The fourth-order valence-corrected chi connectivity index (χ4v) is 0.275. The lowest BCUT2D eigenvalue weighted by Crippen LogP contribution is -2.36. The minimum Gasteiger partial charge on any atom is -0.412 e. The van der Waals surface area contributed by atoms with Gasteiger partial charge in [0.25, 0.3) is 0 Å². The van der Waals surface area contributed by atoms with Gasteiger partial charge >= 0.3 is 0 Å². The molecule has 0 atom stereocenters. The Labute approximate surface area is 54.9 Å². The molecule has 0 radical (unpaired) electrons. The third-order valence-electron chi connectivity index (χ3n) is 0.726. The Kier molecular flexibility index (Phi) is 9.21. The summed E-state index contributed by atoms with van der Waals surface area (Å²) in [5.74, 6) is 0.0341. The first-order valence-corrected chi connectivity index (χ1v) is 2.83. The summed E-state index contributed by atoms with van der Waals surface area (Å²) in [6.07, 6.45) is 0.535. The lowest BCUT2D eigenvalue weighted by atomic mass is 10.5. The van der Waals surface area contributed by atoms with Crippen molar-refractivity contribution in [3.05, 3.63) is 0 Å². The molecule has 1 amide bonds. The number of hydrogen-bond donors (Lipinski definition) is 2. The van der Waals surface area contributed by atoms with Gasteiger partial charge in [0.2, 0.25) is 5.91 Å². The van der Waals surface area contributed by atoms with Crippen molar-refractivity contribution < 1.29 is 10.3 Å². The van der Waals surface area contributed by atoms with Crippen LogP contribution in [0.25, 0.3) is 0 Å². The maximum atomic E-state index is 10.4. The maximum absolute atomic E-state index is 10.4. The van der Waals surface area contributed by atoms with Gasteiger partial charge in [-0.15, -0.1) is 0 Å². The average molecular weight is 134 g/mol. The number of nitrogens with one attached hydrogen (secondary N) is 2. The molecule has 56 valence electrons. The molecule has 0 aromatic carbocycles. The van der Waals surface area contributed by atoms with Gasteiger partial charge in [-0.05, 0) is 0 Å². The molecule has 0 aliphatic carbocycles. The minimum atomic E-state index is 0. The van der Waals surface area contributed by atoms with Crippen LogP contribution in [0.2, 0.25) is 0 Å². The maximum Gasteiger partial charge on any atom is 0.233 e. The highest BCUT2D eigenvalue weighted by molar-refractivity contribution is 5.74. The first-order valence-electron chi connectivity index (χ1n) is 2.83. The molecule has 0 aliphatic heterocycles. The molecule has 9 heavy (non-hydrogen) atoms. The van der Waals surface area contributed by atoms with Crippen molar-refractivity contribution in [3.63, 3.8) is 0 Å². The van der Waals surface area contributed by atoms with Crippen molar-refractivity contribution in [2.45, 2.75) is 20.3 Å². The molecule has 4 nitrogen and oxygen atoms in total. The summed E-state index contributed by atoms with van der Waals surface area (Å²) in [4.78, 5) is 10.4. The molecule has 0 saturated carbocycles. The second kappa shape index (κ2) is 7.39. The predicted octanol–water partition coefficient (Wildman–Crippen LogP) is -0.788. The lowest BCUT2D eigenvalue weighted by molar-refractivity contribution is -0.121. The SMILES string of the molecule is CCNNC(=O)CC.O. The van der Waals surface area contributed by atoms with Gasteiger partial charge in [0.15, 0.2) is 0 Å². The van der Waals surface area contributed by atoms with E-state index in [4.69, 9.17) is 0 Å². The number of amides is 1. The van der Waals surface area contributed by atoms with E-state index in [1.54, 1.807) is 0 Å². The molecule has 0 aliphatic rings. The van der Waals surface area contributed by atoms with Crippen molar-refractivity contribution >= 4 is 5.91 Å². The fraction of sp³-hybridized carbons (Fsp3) is 0.800. The zero-order chi connectivity index (χ0) is 6.41. The van der Waals surface area contributed by atoms with E-state index in [9.17, 15) is 4.79 Å². The van der Waals surface area contributed by atoms with Crippen LogP contribution in [-0.2, 0) is 4.79 Å². The Morgan fingerprint density at radius 3 is 2.33 bits per heavy atom. The second-order valence-corrected chi connectivity index (χ2v) is 1.43. The zero-order valence-corrected chi connectivity index (χ0v) is 5.82.